The maximum absolute atomic E-state index is 12.4. The van der Waals surface area contributed by atoms with Crippen molar-refractivity contribution in [3.63, 3.8) is 0 Å². The van der Waals surface area contributed by atoms with Crippen molar-refractivity contribution in [3.8, 4) is 16.9 Å². The van der Waals surface area contributed by atoms with E-state index in [0.717, 1.165) is 30.6 Å². The lowest BCUT2D eigenvalue weighted by molar-refractivity contribution is -0.274. The molecule has 0 radical (unpaired) electrons. The number of ether oxygens (including phenoxy) is 2. The van der Waals surface area contributed by atoms with Crippen LogP contribution in [0.5, 0.6) is 5.75 Å². The second-order valence-electron chi connectivity index (χ2n) is 5.66. The molecule has 0 saturated carbocycles. The summed E-state index contributed by atoms with van der Waals surface area (Å²) in [6.07, 6.45) is -3.55. The maximum Gasteiger partial charge on any atom is 0.573 e. The van der Waals surface area contributed by atoms with Crippen LogP contribution in [0.2, 0.25) is 0 Å². The van der Waals surface area contributed by atoms with E-state index >= 15 is 0 Å². The van der Waals surface area contributed by atoms with Crippen LogP contribution in [0.4, 0.5) is 13.2 Å². The Kier molecular flexibility index (Phi) is 5.06. The third kappa shape index (κ3) is 4.49. The Morgan fingerprint density at radius 3 is 2.67 bits per heavy atom. The molecule has 0 unspecified atom stereocenters. The van der Waals surface area contributed by atoms with Gasteiger partial charge in [0.05, 0.1) is 12.7 Å². The molecule has 0 amide bonds. The van der Waals surface area contributed by atoms with Crippen molar-refractivity contribution in [3.05, 3.63) is 54.1 Å². The molecule has 2 aromatic carbocycles. The first kappa shape index (κ1) is 16.8. The summed E-state index contributed by atoms with van der Waals surface area (Å²) in [5.41, 5.74) is 2.45. The molecule has 1 aliphatic rings. The highest BCUT2D eigenvalue weighted by molar-refractivity contribution is 5.68. The lowest BCUT2D eigenvalue weighted by Gasteiger charge is -2.15. The molecule has 2 aromatic rings. The van der Waals surface area contributed by atoms with E-state index < -0.39 is 6.36 Å². The Labute approximate surface area is 138 Å². The largest absolute Gasteiger partial charge is 0.573 e. The fourth-order valence-electron chi connectivity index (χ4n) is 2.77. The second kappa shape index (κ2) is 7.23. The van der Waals surface area contributed by atoms with Crippen LogP contribution in [0, 0.1) is 0 Å². The van der Waals surface area contributed by atoms with Gasteiger partial charge in [-0.15, -0.1) is 13.2 Å². The average Bonchev–Trinajstić information content (AvgIpc) is 3.05. The summed E-state index contributed by atoms with van der Waals surface area (Å²) in [5, 5.41) is 3.24. The van der Waals surface area contributed by atoms with Crippen LogP contribution in [-0.2, 0) is 11.3 Å². The van der Waals surface area contributed by atoms with E-state index in [0.29, 0.717) is 12.2 Å². The molecule has 24 heavy (non-hydrogen) atoms. The van der Waals surface area contributed by atoms with Gasteiger partial charge in [0.25, 0.3) is 0 Å². The van der Waals surface area contributed by atoms with Gasteiger partial charge < -0.3 is 14.8 Å². The Morgan fingerprint density at radius 1 is 1.08 bits per heavy atom. The topological polar surface area (TPSA) is 30.5 Å². The van der Waals surface area contributed by atoms with Crippen molar-refractivity contribution >= 4 is 0 Å². The van der Waals surface area contributed by atoms with E-state index in [4.69, 9.17) is 4.74 Å². The first-order valence-electron chi connectivity index (χ1n) is 7.78. The van der Waals surface area contributed by atoms with Crippen molar-refractivity contribution in [1.29, 1.82) is 0 Å². The fraction of sp³-hybridized carbons (Fsp3) is 0.333. The fourth-order valence-corrected chi connectivity index (χ4v) is 2.77. The molecule has 1 fully saturated rings. The summed E-state index contributed by atoms with van der Waals surface area (Å²) in [5.74, 6) is -0.226. The monoisotopic (exact) mass is 337 g/mol. The summed E-state index contributed by atoms with van der Waals surface area (Å²) >= 11 is 0. The van der Waals surface area contributed by atoms with Crippen LogP contribution in [0.15, 0.2) is 48.5 Å². The van der Waals surface area contributed by atoms with Crippen molar-refractivity contribution in [2.45, 2.75) is 25.5 Å². The van der Waals surface area contributed by atoms with E-state index in [1.54, 1.807) is 12.1 Å². The van der Waals surface area contributed by atoms with Gasteiger partial charge in [0.15, 0.2) is 0 Å². The van der Waals surface area contributed by atoms with Crippen molar-refractivity contribution in [2.75, 3.05) is 13.1 Å². The first-order chi connectivity index (χ1) is 11.5. The third-order valence-electron chi connectivity index (χ3n) is 3.89. The molecule has 3 nitrogen and oxygen atoms in total. The molecule has 1 saturated heterocycles. The first-order valence-corrected chi connectivity index (χ1v) is 7.78. The van der Waals surface area contributed by atoms with Gasteiger partial charge in [-0.2, -0.15) is 0 Å². The number of benzene rings is 2. The van der Waals surface area contributed by atoms with Crippen LogP contribution in [0.25, 0.3) is 11.1 Å². The number of alkyl halides is 3. The van der Waals surface area contributed by atoms with Crippen LogP contribution in [0.1, 0.15) is 12.0 Å². The van der Waals surface area contributed by atoms with Gasteiger partial charge in [-0.25, -0.2) is 0 Å². The van der Waals surface area contributed by atoms with E-state index in [-0.39, 0.29) is 11.9 Å². The molecular formula is C18H18F3NO2. The van der Waals surface area contributed by atoms with Crippen LogP contribution in [0.3, 0.4) is 0 Å². The highest BCUT2D eigenvalue weighted by Crippen LogP contribution is 2.30. The minimum absolute atomic E-state index is 0.179. The highest BCUT2D eigenvalue weighted by atomic mass is 19.4. The Bertz CT molecular complexity index is 682. The van der Waals surface area contributed by atoms with Gasteiger partial charge in [-0.3, -0.25) is 0 Å². The summed E-state index contributed by atoms with van der Waals surface area (Å²) in [6.45, 7) is 2.20. The zero-order valence-electron chi connectivity index (χ0n) is 13.0. The third-order valence-corrected chi connectivity index (χ3v) is 3.89. The molecule has 0 bridgehead atoms. The summed E-state index contributed by atoms with van der Waals surface area (Å²) in [4.78, 5) is 0. The summed E-state index contributed by atoms with van der Waals surface area (Å²) in [6, 6.07) is 13.5. The molecule has 128 valence electrons. The molecular weight excluding hydrogens is 319 g/mol. The van der Waals surface area contributed by atoms with Crippen molar-refractivity contribution in [2.24, 2.45) is 0 Å². The number of hydrogen-bond donors (Lipinski definition) is 1. The Balaban J connectivity index is 1.79. The van der Waals surface area contributed by atoms with E-state index in [9.17, 15) is 13.2 Å². The predicted molar refractivity (Wildman–Crippen MR) is 84.6 cm³/mol. The number of rotatable bonds is 5. The second-order valence-corrected chi connectivity index (χ2v) is 5.66. The van der Waals surface area contributed by atoms with Crippen LogP contribution in [-0.4, -0.2) is 25.6 Å². The van der Waals surface area contributed by atoms with Crippen molar-refractivity contribution < 1.29 is 22.6 Å². The molecule has 1 atom stereocenters. The summed E-state index contributed by atoms with van der Waals surface area (Å²) < 4.78 is 47.1. The highest BCUT2D eigenvalue weighted by Gasteiger charge is 2.31. The van der Waals surface area contributed by atoms with Gasteiger partial charge >= 0.3 is 6.36 Å². The van der Waals surface area contributed by atoms with Gasteiger partial charge in [-0.1, -0.05) is 36.4 Å². The van der Waals surface area contributed by atoms with E-state index in [1.165, 1.54) is 12.1 Å². The molecule has 6 heteroatoms. The van der Waals surface area contributed by atoms with E-state index in [2.05, 4.69) is 10.1 Å². The Morgan fingerprint density at radius 2 is 1.92 bits per heavy atom. The van der Waals surface area contributed by atoms with Gasteiger partial charge in [0, 0.05) is 6.54 Å². The van der Waals surface area contributed by atoms with Gasteiger partial charge in [-0.05, 0) is 41.8 Å². The standard InChI is InChI=1S/C18H18F3NO2/c19-18(20,21)24-15-6-3-5-13(10-15)17-7-2-1-4-14(17)12-23-16-8-9-22-11-16/h1-7,10,16,22H,8-9,11-12H2/t16-/m0/s1. The van der Waals surface area contributed by atoms with Crippen LogP contribution >= 0.6 is 0 Å². The van der Waals surface area contributed by atoms with Crippen LogP contribution < -0.4 is 10.1 Å². The normalized spacial score (nSPS) is 17.9. The molecule has 1 aliphatic heterocycles. The SMILES string of the molecule is FC(F)(F)Oc1cccc(-c2ccccc2CO[C@H]2CCNC2)c1. The molecule has 0 aliphatic carbocycles. The summed E-state index contributed by atoms with van der Waals surface area (Å²) in [7, 11) is 0. The minimum Gasteiger partial charge on any atom is -0.406 e. The molecule has 1 heterocycles. The maximum atomic E-state index is 12.4. The zero-order chi connectivity index (χ0) is 17.0. The predicted octanol–water partition coefficient (Wildman–Crippen LogP) is 4.13. The number of nitrogens with one attached hydrogen (secondary N) is 1. The molecule has 1 N–H and O–H groups in total. The van der Waals surface area contributed by atoms with Gasteiger partial charge in [0.1, 0.15) is 5.75 Å². The van der Waals surface area contributed by atoms with Crippen molar-refractivity contribution in [1.82, 2.24) is 5.32 Å². The zero-order valence-corrected chi connectivity index (χ0v) is 13.0. The average molecular weight is 337 g/mol. The lowest BCUT2D eigenvalue weighted by Crippen LogP contribution is -2.17. The smallest absolute Gasteiger partial charge is 0.406 e. The Hall–Kier alpha value is -2.05. The number of halogens is 3. The van der Waals surface area contributed by atoms with E-state index in [1.807, 2.05) is 24.3 Å². The minimum atomic E-state index is -4.70. The van der Waals surface area contributed by atoms with Gasteiger partial charge in [0.2, 0.25) is 0 Å². The lowest BCUT2D eigenvalue weighted by atomic mass is 10.00. The molecule has 0 aromatic heterocycles. The number of hydrogen-bond acceptors (Lipinski definition) is 3. The molecule has 3 rings (SSSR count). The quantitative estimate of drug-likeness (QED) is 0.890. The molecule has 0 spiro atoms.